The topological polar surface area (TPSA) is 63.0 Å². The van der Waals surface area contributed by atoms with Gasteiger partial charge >= 0.3 is 0 Å². The third kappa shape index (κ3) is 5.02. The molecule has 1 atom stereocenters. The maximum absolute atomic E-state index is 13.5. The number of fused-ring (bicyclic) bond motifs is 1. The molecular weight excluding hydrogens is 431 g/mol. The highest BCUT2D eigenvalue weighted by Crippen LogP contribution is 2.34. The lowest BCUT2D eigenvalue weighted by atomic mass is 10.0. The molecule has 0 fully saturated rings. The molecule has 8 heteroatoms. The number of amides is 2. The molecule has 0 N–H and O–H groups in total. The molecule has 0 saturated heterocycles. The number of halogens is 1. The maximum atomic E-state index is 13.5. The van der Waals surface area contributed by atoms with Gasteiger partial charge in [-0.25, -0.2) is 4.39 Å². The molecule has 3 heterocycles. The smallest absolute Gasteiger partial charge is 0.242 e. The van der Waals surface area contributed by atoms with E-state index in [1.807, 2.05) is 11.4 Å². The second kappa shape index (κ2) is 9.99. The first kappa shape index (κ1) is 22.1. The molecule has 1 aromatic carbocycles. The fourth-order valence-electron chi connectivity index (χ4n) is 3.91. The van der Waals surface area contributed by atoms with E-state index in [-0.39, 0.29) is 43.4 Å². The van der Waals surface area contributed by atoms with Crippen LogP contribution in [0.3, 0.4) is 0 Å². The zero-order valence-corrected chi connectivity index (χ0v) is 18.6. The van der Waals surface area contributed by atoms with Crippen LogP contribution in [0.25, 0.3) is 0 Å². The van der Waals surface area contributed by atoms with Gasteiger partial charge in [0.1, 0.15) is 30.5 Å². The van der Waals surface area contributed by atoms with Crippen LogP contribution in [0.15, 0.2) is 58.5 Å². The average molecular weight is 457 g/mol. The number of ether oxygens (including phenoxy) is 1. The van der Waals surface area contributed by atoms with Crippen molar-refractivity contribution in [3.05, 3.63) is 76.1 Å². The second-order valence-corrected chi connectivity index (χ2v) is 8.60. The van der Waals surface area contributed by atoms with Crippen LogP contribution in [-0.2, 0) is 22.6 Å². The van der Waals surface area contributed by atoms with E-state index in [1.165, 1.54) is 21.9 Å². The fraction of sp³-hybridized carbons (Fsp3) is 0.333. The molecule has 3 aromatic rings. The van der Waals surface area contributed by atoms with Crippen molar-refractivity contribution in [3.8, 4) is 5.75 Å². The summed E-state index contributed by atoms with van der Waals surface area (Å²) in [6, 6.07) is 11.2. The summed E-state index contributed by atoms with van der Waals surface area (Å²) < 4.78 is 24.8. The third-order valence-corrected chi connectivity index (χ3v) is 6.52. The van der Waals surface area contributed by atoms with Crippen molar-refractivity contribution in [1.82, 2.24) is 9.80 Å². The Labute approximate surface area is 190 Å². The molecule has 32 heavy (non-hydrogen) atoms. The van der Waals surface area contributed by atoms with Crippen molar-refractivity contribution in [2.45, 2.75) is 32.4 Å². The van der Waals surface area contributed by atoms with Crippen LogP contribution in [-0.4, -0.2) is 41.3 Å². The second-order valence-electron chi connectivity index (χ2n) is 7.60. The molecule has 4 rings (SSSR count). The zero-order valence-electron chi connectivity index (χ0n) is 17.8. The van der Waals surface area contributed by atoms with Crippen molar-refractivity contribution in [2.75, 3.05) is 19.7 Å². The first-order valence-electron chi connectivity index (χ1n) is 10.6. The predicted octanol–water partition coefficient (Wildman–Crippen LogP) is 4.42. The van der Waals surface area contributed by atoms with Crippen LogP contribution in [0.4, 0.5) is 4.39 Å². The molecule has 168 valence electrons. The molecule has 2 aromatic heterocycles. The maximum Gasteiger partial charge on any atom is 0.242 e. The van der Waals surface area contributed by atoms with E-state index in [4.69, 9.17) is 9.15 Å². The van der Waals surface area contributed by atoms with Gasteiger partial charge in [-0.1, -0.05) is 13.0 Å². The molecule has 1 unspecified atom stereocenters. The van der Waals surface area contributed by atoms with Gasteiger partial charge in [-0.05, 0) is 47.7 Å². The van der Waals surface area contributed by atoms with Crippen LogP contribution < -0.4 is 4.74 Å². The first-order valence-corrected chi connectivity index (χ1v) is 11.5. The summed E-state index contributed by atoms with van der Waals surface area (Å²) >= 11 is 1.66. The number of carbonyl (C=O) groups excluding carboxylic acids is 2. The van der Waals surface area contributed by atoms with E-state index >= 15 is 0 Å². The van der Waals surface area contributed by atoms with E-state index in [0.717, 1.165) is 12.0 Å². The Bertz CT molecular complexity index is 1070. The van der Waals surface area contributed by atoms with E-state index in [9.17, 15) is 14.0 Å². The summed E-state index contributed by atoms with van der Waals surface area (Å²) in [6.07, 6.45) is 2.61. The Morgan fingerprint density at radius 2 is 2.16 bits per heavy atom. The van der Waals surface area contributed by atoms with Gasteiger partial charge in [-0.3, -0.25) is 9.59 Å². The van der Waals surface area contributed by atoms with Gasteiger partial charge in [-0.2, -0.15) is 0 Å². The van der Waals surface area contributed by atoms with Gasteiger partial charge in [-0.15, -0.1) is 11.3 Å². The minimum Gasteiger partial charge on any atom is -0.491 e. The number of hydrogen-bond donors (Lipinski definition) is 0. The molecule has 1 aliphatic heterocycles. The normalized spacial score (nSPS) is 15.3. The van der Waals surface area contributed by atoms with Gasteiger partial charge in [0, 0.05) is 23.9 Å². The number of furan rings is 1. The quantitative estimate of drug-likeness (QED) is 0.503. The van der Waals surface area contributed by atoms with Crippen LogP contribution in [0.2, 0.25) is 0 Å². The standard InChI is InChI=1S/C24H25FN2O4S/c1-2-23(28)26(14-19-7-4-11-30-19)15-24(29)27-10-8-22-20(9-12-32-22)21(27)16-31-18-6-3-5-17(25)13-18/h3-7,9,11-13,21H,2,8,10,14-16H2,1H3. The third-order valence-electron chi connectivity index (χ3n) is 5.53. The van der Waals surface area contributed by atoms with Crippen LogP contribution in [0.1, 0.15) is 35.6 Å². The Hall–Kier alpha value is -3.13. The number of carbonyl (C=O) groups is 2. The average Bonchev–Trinajstić information content (AvgIpc) is 3.48. The highest BCUT2D eigenvalue weighted by atomic mass is 32.1. The fourth-order valence-corrected chi connectivity index (χ4v) is 4.84. The Balaban J connectivity index is 1.51. The van der Waals surface area contributed by atoms with E-state index in [0.29, 0.717) is 24.5 Å². The highest BCUT2D eigenvalue weighted by Gasteiger charge is 2.33. The van der Waals surface area contributed by atoms with Crippen molar-refractivity contribution in [1.29, 1.82) is 0 Å². The largest absolute Gasteiger partial charge is 0.491 e. The Kier molecular flexibility index (Phi) is 6.90. The summed E-state index contributed by atoms with van der Waals surface area (Å²) in [7, 11) is 0. The molecule has 1 aliphatic rings. The lowest BCUT2D eigenvalue weighted by molar-refractivity contribution is -0.143. The van der Waals surface area contributed by atoms with Gasteiger partial charge in [0.05, 0.1) is 18.8 Å². The molecule has 2 amide bonds. The number of hydrogen-bond acceptors (Lipinski definition) is 5. The number of rotatable bonds is 8. The summed E-state index contributed by atoms with van der Waals surface area (Å²) in [5.41, 5.74) is 1.05. The van der Waals surface area contributed by atoms with E-state index in [2.05, 4.69) is 0 Å². The minimum atomic E-state index is -0.373. The molecule has 0 bridgehead atoms. The minimum absolute atomic E-state index is 0.0384. The van der Waals surface area contributed by atoms with Crippen LogP contribution >= 0.6 is 11.3 Å². The molecule has 0 saturated carbocycles. The molecule has 0 spiro atoms. The first-order chi connectivity index (χ1) is 15.5. The zero-order chi connectivity index (χ0) is 22.5. The Morgan fingerprint density at radius 1 is 1.28 bits per heavy atom. The molecule has 6 nitrogen and oxygen atoms in total. The molecular formula is C24H25FN2O4S. The van der Waals surface area contributed by atoms with Crippen molar-refractivity contribution < 1.29 is 23.1 Å². The predicted molar refractivity (Wildman–Crippen MR) is 119 cm³/mol. The van der Waals surface area contributed by atoms with Crippen molar-refractivity contribution in [2.24, 2.45) is 0 Å². The summed E-state index contributed by atoms with van der Waals surface area (Å²) in [5.74, 6) is 0.408. The van der Waals surface area contributed by atoms with Gasteiger partial charge < -0.3 is 19.0 Å². The molecule has 0 radical (unpaired) electrons. The summed E-state index contributed by atoms with van der Waals surface area (Å²) in [4.78, 5) is 30.4. The van der Waals surface area contributed by atoms with Crippen LogP contribution in [0, 0.1) is 5.82 Å². The van der Waals surface area contributed by atoms with Crippen LogP contribution in [0.5, 0.6) is 5.75 Å². The summed E-state index contributed by atoms with van der Waals surface area (Å²) in [5, 5.41) is 2.01. The number of benzene rings is 1. The highest BCUT2D eigenvalue weighted by molar-refractivity contribution is 7.10. The molecule has 0 aliphatic carbocycles. The SMILES string of the molecule is CCC(=O)N(CC(=O)N1CCc2sccc2C1COc1cccc(F)c1)Cc1ccco1. The van der Waals surface area contributed by atoms with Crippen molar-refractivity contribution in [3.63, 3.8) is 0 Å². The summed E-state index contributed by atoms with van der Waals surface area (Å²) in [6.45, 7) is 2.73. The number of thiophene rings is 1. The van der Waals surface area contributed by atoms with Gasteiger partial charge in [0.15, 0.2) is 0 Å². The van der Waals surface area contributed by atoms with Gasteiger partial charge in [0.2, 0.25) is 11.8 Å². The number of nitrogens with zero attached hydrogens (tertiary/aromatic N) is 2. The Morgan fingerprint density at radius 3 is 2.91 bits per heavy atom. The van der Waals surface area contributed by atoms with E-state index in [1.54, 1.807) is 53.7 Å². The van der Waals surface area contributed by atoms with Crippen molar-refractivity contribution >= 4 is 23.2 Å². The lowest BCUT2D eigenvalue weighted by Crippen LogP contribution is -2.47. The monoisotopic (exact) mass is 456 g/mol. The lowest BCUT2D eigenvalue weighted by Gasteiger charge is -2.37. The van der Waals surface area contributed by atoms with Gasteiger partial charge in [0.25, 0.3) is 0 Å². The van der Waals surface area contributed by atoms with E-state index < -0.39 is 0 Å².